The van der Waals surface area contributed by atoms with Crippen molar-refractivity contribution in [2.24, 2.45) is 5.73 Å². The number of carboxylic acid groups (broad SMARTS) is 1. The largest absolute Gasteiger partial charge is 0.497 e. The Balaban J connectivity index is 3.18. The summed E-state index contributed by atoms with van der Waals surface area (Å²) < 4.78 is 10.1. The van der Waals surface area contributed by atoms with Gasteiger partial charge in [0.2, 0.25) is 5.91 Å². The summed E-state index contributed by atoms with van der Waals surface area (Å²) in [5.74, 6) is -1.81. The van der Waals surface area contributed by atoms with Gasteiger partial charge in [0.25, 0.3) is 0 Å². The minimum Gasteiger partial charge on any atom is -0.497 e. The highest BCUT2D eigenvalue weighted by Gasteiger charge is 2.24. The number of hydrogen-bond donors (Lipinski definition) is 2. The number of rotatable bonds is 6. The molecule has 6 heteroatoms. The fourth-order valence-electron chi connectivity index (χ4n) is 1.64. The predicted molar refractivity (Wildman–Crippen MR) is 63.7 cm³/mol. The molecule has 1 unspecified atom stereocenters. The van der Waals surface area contributed by atoms with Crippen LogP contribution in [0.25, 0.3) is 0 Å². The van der Waals surface area contributed by atoms with Gasteiger partial charge in [0, 0.05) is 11.6 Å². The van der Waals surface area contributed by atoms with Crippen LogP contribution in [-0.2, 0) is 9.59 Å². The van der Waals surface area contributed by atoms with E-state index in [4.69, 9.17) is 20.3 Å². The second kappa shape index (κ2) is 5.90. The fraction of sp³-hybridized carbons (Fsp3) is 0.333. The highest BCUT2D eigenvalue weighted by atomic mass is 16.5. The standard InChI is InChI=1S/C12H15NO5/c1-17-7-3-4-8(10(5-7)18-2)9(12(13)16)6-11(14)15/h3-5,9H,6H2,1-2H3,(H2,13,16)(H,14,15). The van der Waals surface area contributed by atoms with Crippen molar-refractivity contribution in [3.63, 3.8) is 0 Å². The van der Waals surface area contributed by atoms with Crippen molar-refractivity contribution in [1.82, 2.24) is 0 Å². The maximum atomic E-state index is 11.3. The van der Waals surface area contributed by atoms with Crippen LogP contribution in [0, 0.1) is 0 Å². The van der Waals surface area contributed by atoms with E-state index in [0.717, 1.165) is 0 Å². The highest BCUT2D eigenvalue weighted by Crippen LogP contribution is 2.32. The Morgan fingerprint density at radius 2 is 2.00 bits per heavy atom. The zero-order valence-electron chi connectivity index (χ0n) is 10.2. The number of ether oxygens (including phenoxy) is 2. The van der Waals surface area contributed by atoms with Crippen LogP contribution in [0.1, 0.15) is 17.9 Å². The van der Waals surface area contributed by atoms with E-state index in [1.54, 1.807) is 18.2 Å². The van der Waals surface area contributed by atoms with Gasteiger partial charge in [-0.2, -0.15) is 0 Å². The molecule has 98 valence electrons. The number of methoxy groups -OCH3 is 2. The van der Waals surface area contributed by atoms with Crippen molar-refractivity contribution in [1.29, 1.82) is 0 Å². The number of amides is 1. The summed E-state index contributed by atoms with van der Waals surface area (Å²) in [5, 5.41) is 8.79. The first-order valence-electron chi connectivity index (χ1n) is 5.22. The van der Waals surface area contributed by atoms with E-state index in [0.29, 0.717) is 17.1 Å². The molecule has 0 spiro atoms. The summed E-state index contributed by atoms with van der Waals surface area (Å²) in [6, 6.07) is 4.78. The number of carbonyl (C=O) groups excluding carboxylic acids is 1. The number of benzene rings is 1. The quantitative estimate of drug-likeness (QED) is 0.779. The molecule has 1 amide bonds. The molecule has 3 N–H and O–H groups in total. The molecule has 1 rings (SSSR count). The molecule has 0 fully saturated rings. The molecule has 18 heavy (non-hydrogen) atoms. The van der Waals surface area contributed by atoms with Crippen LogP contribution in [0.5, 0.6) is 11.5 Å². The van der Waals surface area contributed by atoms with Crippen molar-refractivity contribution < 1.29 is 24.2 Å². The van der Waals surface area contributed by atoms with E-state index in [1.165, 1.54) is 14.2 Å². The Morgan fingerprint density at radius 1 is 1.33 bits per heavy atom. The number of aliphatic carboxylic acids is 1. The van der Waals surface area contributed by atoms with E-state index in [2.05, 4.69) is 0 Å². The van der Waals surface area contributed by atoms with Crippen LogP contribution < -0.4 is 15.2 Å². The van der Waals surface area contributed by atoms with Gasteiger partial charge >= 0.3 is 5.97 Å². The number of nitrogens with two attached hydrogens (primary N) is 1. The molecule has 0 aromatic heterocycles. The van der Waals surface area contributed by atoms with E-state index in [9.17, 15) is 9.59 Å². The second-order valence-electron chi connectivity index (χ2n) is 3.66. The monoisotopic (exact) mass is 253 g/mol. The van der Waals surface area contributed by atoms with E-state index in [1.807, 2.05) is 0 Å². The Hall–Kier alpha value is -2.24. The molecule has 1 atom stereocenters. The van der Waals surface area contributed by atoms with Gasteiger partial charge in [0.15, 0.2) is 0 Å². The maximum absolute atomic E-state index is 11.3. The average molecular weight is 253 g/mol. The molecule has 1 aromatic carbocycles. The third-order valence-corrected chi connectivity index (χ3v) is 2.54. The maximum Gasteiger partial charge on any atom is 0.304 e. The number of hydrogen-bond acceptors (Lipinski definition) is 4. The molecule has 0 aliphatic heterocycles. The first-order valence-corrected chi connectivity index (χ1v) is 5.22. The third kappa shape index (κ3) is 3.13. The van der Waals surface area contributed by atoms with Crippen LogP contribution in [0.15, 0.2) is 18.2 Å². The number of carboxylic acids is 1. The van der Waals surface area contributed by atoms with E-state index < -0.39 is 17.8 Å². The molecule has 0 saturated heterocycles. The van der Waals surface area contributed by atoms with Gasteiger partial charge in [-0.25, -0.2) is 0 Å². The van der Waals surface area contributed by atoms with E-state index in [-0.39, 0.29) is 6.42 Å². The van der Waals surface area contributed by atoms with Crippen molar-refractivity contribution in [3.8, 4) is 11.5 Å². The van der Waals surface area contributed by atoms with Crippen molar-refractivity contribution >= 4 is 11.9 Å². The molecule has 6 nitrogen and oxygen atoms in total. The minimum absolute atomic E-state index is 0.374. The smallest absolute Gasteiger partial charge is 0.304 e. The third-order valence-electron chi connectivity index (χ3n) is 2.54. The van der Waals surface area contributed by atoms with Gasteiger partial charge in [-0.1, -0.05) is 6.07 Å². The van der Waals surface area contributed by atoms with E-state index >= 15 is 0 Å². The summed E-state index contributed by atoms with van der Waals surface area (Å²) >= 11 is 0. The summed E-state index contributed by atoms with van der Waals surface area (Å²) in [6.45, 7) is 0. The molecule has 1 aromatic rings. The van der Waals surface area contributed by atoms with Gasteiger partial charge in [0.1, 0.15) is 11.5 Å². The zero-order valence-corrected chi connectivity index (χ0v) is 10.2. The lowest BCUT2D eigenvalue weighted by molar-refractivity contribution is -0.139. The summed E-state index contributed by atoms with van der Waals surface area (Å²) in [6.07, 6.45) is -0.377. The normalized spacial score (nSPS) is 11.7. The minimum atomic E-state index is -1.10. The van der Waals surface area contributed by atoms with Gasteiger partial charge in [-0.15, -0.1) is 0 Å². The van der Waals surface area contributed by atoms with Gasteiger partial charge in [-0.3, -0.25) is 9.59 Å². The van der Waals surface area contributed by atoms with Crippen molar-refractivity contribution in [3.05, 3.63) is 23.8 Å². The van der Waals surface area contributed by atoms with Crippen LogP contribution in [0.4, 0.5) is 0 Å². The topological polar surface area (TPSA) is 98.9 Å². The highest BCUT2D eigenvalue weighted by molar-refractivity contribution is 5.87. The van der Waals surface area contributed by atoms with Crippen LogP contribution in [0.3, 0.4) is 0 Å². The lowest BCUT2D eigenvalue weighted by Gasteiger charge is -2.16. The molecule has 0 radical (unpaired) electrons. The lowest BCUT2D eigenvalue weighted by Crippen LogP contribution is -2.24. The molecular weight excluding hydrogens is 238 g/mol. The first-order chi connectivity index (χ1) is 8.49. The summed E-state index contributed by atoms with van der Waals surface area (Å²) in [7, 11) is 2.92. The second-order valence-corrected chi connectivity index (χ2v) is 3.66. The SMILES string of the molecule is COc1ccc(C(CC(=O)O)C(N)=O)c(OC)c1. The van der Waals surface area contributed by atoms with Crippen LogP contribution >= 0.6 is 0 Å². The molecule has 0 bridgehead atoms. The van der Waals surface area contributed by atoms with Crippen LogP contribution in [-0.4, -0.2) is 31.2 Å². The average Bonchev–Trinajstić information content (AvgIpc) is 2.34. The molecule has 0 heterocycles. The number of carbonyl (C=O) groups is 2. The van der Waals surface area contributed by atoms with Gasteiger partial charge in [-0.05, 0) is 6.07 Å². The van der Waals surface area contributed by atoms with Crippen molar-refractivity contribution in [2.75, 3.05) is 14.2 Å². The first kappa shape index (κ1) is 13.8. The molecular formula is C12H15NO5. The summed E-state index contributed by atoms with van der Waals surface area (Å²) in [5.41, 5.74) is 5.66. The Morgan fingerprint density at radius 3 is 2.44 bits per heavy atom. The molecule has 0 aliphatic rings. The molecule has 0 saturated carbocycles. The van der Waals surface area contributed by atoms with Gasteiger partial charge < -0.3 is 20.3 Å². The Labute approximate surface area is 104 Å². The fourth-order valence-corrected chi connectivity index (χ4v) is 1.64. The van der Waals surface area contributed by atoms with Gasteiger partial charge in [0.05, 0.1) is 26.6 Å². The molecule has 0 aliphatic carbocycles. The summed E-state index contributed by atoms with van der Waals surface area (Å²) in [4.78, 5) is 22.1. The predicted octanol–water partition coefficient (Wildman–Crippen LogP) is 0.747. The van der Waals surface area contributed by atoms with Crippen molar-refractivity contribution in [2.45, 2.75) is 12.3 Å². The zero-order chi connectivity index (χ0) is 13.7. The number of primary amides is 1. The van der Waals surface area contributed by atoms with Crippen LogP contribution in [0.2, 0.25) is 0 Å². The lowest BCUT2D eigenvalue weighted by atomic mass is 9.94. The Bertz CT molecular complexity index is 458. The Kier molecular flexibility index (Phi) is 4.53.